The van der Waals surface area contributed by atoms with Crippen LogP contribution in [0.15, 0.2) is 0 Å². The molecule has 0 aromatic carbocycles. The normalized spacial score (nSPS) is 37.4. The third-order valence-corrected chi connectivity index (χ3v) is 4.01. The van der Waals surface area contributed by atoms with E-state index in [0.717, 1.165) is 6.04 Å². The summed E-state index contributed by atoms with van der Waals surface area (Å²) in [5.41, 5.74) is 0.656. The fourth-order valence-corrected chi connectivity index (χ4v) is 2.75. The fraction of sp³-hybridized carbons (Fsp3) is 1.00. The Bertz CT molecular complexity index is 173. The SMILES string of the molecule is CCC(C)N1CCC2(CCNC2)C1. The van der Waals surface area contributed by atoms with Crippen molar-refractivity contribution < 1.29 is 0 Å². The Hall–Kier alpha value is -0.0800. The summed E-state index contributed by atoms with van der Waals surface area (Å²) in [6.07, 6.45) is 4.12. The van der Waals surface area contributed by atoms with E-state index in [4.69, 9.17) is 0 Å². The molecule has 0 bridgehead atoms. The monoisotopic (exact) mass is 182 g/mol. The van der Waals surface area contributed by atoms with Gasteiger partial charge in [-0.05, 0) is 44.7 Å². The molecule has 2 saturated heterocycles. The van der Waals surface area contributed by atoms with Crippen molar-refractivity contribution in [3.63, 3.8) is 0 Å². The summed E-state index contributed by atoms with van der Waals surface area (Å²) in [7, 11) is 0. The largest absolute Gasteiger partial charge is 0.316 e. The third kappa shape index (κ3) is 1.75. The molecule has 2 aliphatic heterocycles. The van der Waals surface area contributed by atoms with Gasteiger partial charge in [-0.15, -0.1) is 0 Å². The highest BCUT2D eigenvalue weighted by molar-refractivity contribution is 4.96. The van der Waals surface area contributed by atoms with Crippen LogP contribution in [0.2, 0.25) is 0 Å². The third-order valence-electron chi connectivity index (χ3n) is 4.01. The molecule has 0 amide bonds. The summed E-state index contributed by atoms with van der Waals surface area (Å²) in [5, 5.41) is 3.51. The minimum Gasteiger partial charge on any atom is -0.316 e. The number of nitrogens with zero attached hydrogens (tertiary/aromatic N) is 1. The van der Waals surface area contributed by atoms with Gasteiger partial charge in [0.25, 0.3) is 0 Å². The zero-order valence-electron chi connectivity index (χ0n) is 8.97. The summed E-state index contributed by atoms with van der Waals surface area (Å²) in [6.45, 7) is 9.84. The fourth-order valence-electron chi connectivity index (χ4n) is 2.75. The second kappa shape index (κ2) is 3.58. The molecule has 2 heterocycles. The minimum absolute atomic E-state index is 0.656. The van der Waals surface area contributed by atoms with Gasteiger partial charge in [-0.3, -0.25) is 0 Å². The first-order chi connectivity index (χ1) is 6.26. The van der Waals surface area contributed by atoms with Crippen molar-refractivity contribution in [1.29, 1.82) is 0 Å². The van der Waals surface area contributed by atoms with Gasteiger partial charge in [0.05, 0.1) is 0 Å². The van der Waals surface area contributed by atoms with Crippen LogP contribution in [0.25, 0.3) is 0 Å². The quantitative estimate of drug-likeness (QED) is 0.695. The van der Waals surface area contributed by atoms with E-state index in [2.05, 4.69) is 24.1 Å². The first-order valence-corrected chi connectivity index (χ1v) is 5.70. The van der Waals surface area contributed by atoms with E-state index in [9.17, 15) is 0 Å². The summed E-state index contributed by atoms with van der Waals surface area (Å²) in [4.78, 5) is 2.67. The first-order valence-electron chi connectivity index (χ1n) is 5.70. The van der Waals surface area contributed by atoms with E-state index >= 15 is 0 Å². The Morgan fingerprint density at radius 3 is 2.92 bits per heavy atom. The van der Waals surface area contributed by atoms with Crippen molar-refractivity contribution in [1.82, 2.24) is 10.2 Å². The molecule has 2 fully saturated rings. The Morgan fingerprint density at radius 1 is 1.46 bits per heavy atom. The Morgan fingerprint density at radius 2 is 2.31 bits per heavy atom. The van der Waals surface area contributed by atoms with E-state index in [1.54, 1.807) is 0 Å². The highest BCUT2D eigenvalue weighted by Gasteiger charge is 2.40. The van der Waals surface area contributed by atoms with E-state index in [1.165, 1.54) is 45.4 Å². The Labute approximate surface area is 81.7 Å². The molecule has 0 radical (unpaired) electrons. The molecule has 2 heteroatoms. The van der Waals surface area contributed by atoms with Crippen LogP contribution in [-0.2, 0) is 0 Å². The highest BCUT2D eigenvalue weighted by Crippen LogP contribution is 2.36. The maximum absolute atomic E-state index is 3.51. The standard InChI is InChI=1S/C11H22N2/c1-3-10(2)13-7-5-11(9-13)4-6-12-8-11/h10,12H,3-9H2,1-2H3. The van der Waals surface area contributed by atoms with E-state index in [1.807, 2.05) is 0 Å². The van der Waals surface area contributed by atoms with Gasteiger partial charge in [-0.25, -0.2) is 0 Å². The van der Waals surface area contributed by atoms with E-state index < -0.39 is 0 Å². The van der Waals surface area contributed by atoms with Crippen molar-refractivity contribution in [2.75, 3.05) is 26.2 Å². The molecule has 0 saturated carbocycles. The molecule has 2 nitrogen and oxygen atoms in total. The smallest absolute Gasteiger partial charge is 0.00645 e. The second-order valence-electron chi connectivity index (χ2n) is 4.90. The van der Waals surface area contributed by atoms with Gasteiger partial charge in [0.2, 0.25) is 0 Å². The molecule has 0 aromatic rings. The Balaban J connectivity index is 1.93. The summed E-state index contributed by atoms with van der Waals surface area (Å²) >= 11 is 0. The predicted molar refractivity (Wildman–Crippen MR) is 55.9 cm³/mol. The molecule has 0 aliphatic carbocycles. The summed E-state index contributed by atoms with van der Waals surface area (Å²) in [5.74, 6) is 0. The molecule has 76 valence electrons. The lowest BCUT2D eigenvalue weighted by molar-refractivity contribution is 0.217. The number of likely N-dealkylation sites (tertiary alicyclic amines) is 1. The van der Waals surface area contributed by atoms with Gasteiger partial charge in [0.1, 0.15) is 0 Å². The van der Waals surface area contributed by atoms with Crippen LogP contribution in [0.4, 0.5) is 0 Å². The van der Waals surface area contributed by atoms with Crippen molar-refractivity contribution in [2.24, 2.45) is 5.41 Å². The van der Waals surface area contributed by atoms with Crippen molar-refractivity contribution in [3.8, 4) is 0 Å². The van der Waals surface area contributed by atoms with Gasteiger partial charge in [-0.1, -0.05) is 6.92 Å². The van der Waals surface area contributed by atoms with Crippen molar-refractivity contribution in [2.45, 2.75) is 39.2 Å². The minimum atomic E-state index is 0.656. The van der Waals surface area contributed by atoms with Crippen LogP contribution in [0.3, 0.4) is 0 Å². The summed E-state index contributed by atoms with van der Waals surface area (Å²) in [6, 6.07) is 0.792. The van der Waals surface area contributed by atoms with Crippen LogP contribution in [0.1, 0.15) is 33.1 Å². The second-order valence-corrected chi connectivity index (χ2v) is 4.90. The van der Waals surface area contributed by atoms with E-state index in [-0.39, 0.29) is 0 Å². The van der Waals surface area contributed by atoms with Crippen molar-refractivity contribution >= 4 is 0 Å². The lowest BCUT2D eigenvalue weighted by Gasteiger charge is -2.26. The number of nitrogens with one attached hydrogen (secondary N) is 1. The van der Waals surface area contributed by atoms with Crippen LogP contribution in [0, 0.1) is 5.41 Å². The molecule has 1 spiro atoms. The molecule has 0 aromatic heterocycles. The van der Waals surface area contributed by atoms with Gasteiger partial charge >= 0.3 is 0 Å². The molecule has 1 N–H and O–H groups in total. The molecule has 2 rings (SSSR count). The molecule has 13 heavy (non-hydrogen) atoms. The maximum Gasteiger partial charge on any atom is 0.00645 e. The average Bonchev–Trinajstić information content (AvgIpc) is 2.76. The van der Waals surface area contributed by atoms with Crippen LogP contribution in [-0.4, -0.2) is 37.1 Å². The van der Waals surface area contributed by atoms with Gasteiger partial charge in [-0.2, -0.15) is 0 Å². The molecule has 2 atom stereocenters. The summed E-state index contributed by atoms with van der Waals surface area (Å²) < 4.78 is 0. The molecular weight excluding hydrogens is 160 g/mol. The van der Waals surface area contributed by atoms with Gasteiger partial charge in [0.15, 0.2) is 0 Å². The van der Waals surface area contributed by atoms with Crippen LogP contribution in [0.5, 0.6) is 0 Å². The molecular formula is C11H22N2. The highest BCUT2D eigenvalue weighted by atomic mass is 15.2. The van der Waals surface area contributed by atoms with Crippen LogP contribution < -0.4 is 5.32 Å². The number of rotatable bonds is 2. The average molecular weight is 182 g/mol. The first kappa shape index (κ1) is 9.47. The number of hydrogen-bond acceptors (Lipinski definition) is 2. The molecule has 2 unspecified atom stereocenters. The Kier molecular flexibility index (Phi) is 2.61. The lowest BCUT2D eigenvalue weighted by Crippen LogP contribution is -2.34. The van der Waals surface area contributed by atoms with Crippen molar-refractivity contribution in [3.05, 3.63) is 0 Å². The zero-order valence-corrected chi connectivity index (χ0v) is 8.97. The zero-order chi connectivity index (χ0) is 9.31. The predicted octanol–water partition coefficient (Wildman–Crippen LogP) is 1.47. The van der Waals surface area contributed by atoms with Gasteiger partial charge in [0, 0.05) is 19.1 Å². The lowest BCUT2D eigenvalue weighted by atomic mass is 9.86. The maximum atomic E-state index is 3.51. The topological polar surface area (TPSA) is 15.3 Å². The van der Waals surface area contributed by atoms with Gasteiger partial charge < -0.3 is 10.2 Å². The van der Waals surface area contributed by atoms with E-state index in [0.29, 0.717) is 5.41 Å². The van der Waals surface area contributed by atoms with Crippen LogP contribution >= 0.6 is 0 Å². The number of hydrogen-bond donors (Lipinski definition) is 1. The molecule has 2 aliphatic rings.